The van der Waals surface area contributed by atoms with Crippen LogP contribution in [0.15, 0.2) is 16.6 Å². The normalized spacial score (nSPS) is 10.8. The van der Waals surface area contributed by atoms with Crippen LogP contribution in [-0.4, -0.2) is 51.2 Å². The van der Waals surface area contributed by atoms with Crippen LogP contribution in [0.5, 0.6) is 11.5 Å². The van der Waals surface area contributed by atoms with Crippen LogP contribution in [-0.2, 0) is 30.2 Å². The lowest BCUT2D eigenvalue weighted by Crippen LogP contribution is -2.27. The average Bonchev–Trinajstić information content (AvgIpc) is 2.70. The molecule has 0 fully saturated rings. The zero-order valence-electron chi connectivity index (χ0n) is 19.2. The van der Waals surface area contributed by atoms with E-state index in [1.165, 1.54) is 0 Å². The molecule has 1 N–H and O–H groups in total. The fourth-order valence-corrected chi connectivity index (χ4v) is 3.11. The number of rotatable bonds is 12. The number of alkyl carbamates (subject to hydrolysis) is 1. The van der Waals surface area contributed by atoms with Crippen LogP contribution in [0, 0.1) is 0 Å². The fraction of sp³-hybridized carbons (Fsp3) is 0.591. The summed E-state index contributed by atoms with van der Waals surface area (Å²) in [6, 6.07) is 3.61. The Bertz CT molecular complexity index is 776. The number of carbonyl (C=O) groups is 3. The lowest BCUT2D eigenvalue weighted by molar-refractivity contribution is -0.156. The summed E-state index contributed by atoms with van der Waals surface area (Å²) in [6.07, 6.45) is 1.13. The van der Waals surface area contributed by atoms with Crippen LogP contribution in [0.3, 0.4) is 0 Å². The summed E-state index contributed by atoms with van der Waals surface area (Å²) in [7, 11) is 3.12. The van der Waals surface area contributed by atoms with Gasteiger partial charge in [-0.15, -0.1) is 0 Å². The number of halogens is 1. The van der Waals surface area contributed by atoms with E-state index in [1.54, 1.807) is 41.1 Å². The Morgan fingerprint density at radius 2 is 1.56 bits per heavy atom. The highest BCUT2D eigenvalue weighted by molar-refractivity contribution is 9.10. The highest BCUT2D eigenvalue weighted by atomic mass is 79.9. The van der Waals surface area contributed by atoms with Crippen LogP contribution in [0.1, 0.15) is 52.0 Å². The number of hydrogen-bond donors (Lipinski definition) is 1. The van der Waals surface area contributed by atoms with E-state index in [1.807, 2.05) is 6.07 Å². The standard InChI is InChI=1S/C22H32BrNO8/c1-22(2,3)32-20(26)9-7-6-8-19(25)30-14-31-21(27)24-11-10-15-12-18(29-5)16(23)13-17(15)28-4/h12-13H,6-11,14H2,1-5H3,(H,24,27). The van der Waals surface area contributed by atoms with E-state index in [0.717, 1.165) is 10.0 Å². The Balaban J connectivity index is 2.21. The first-order valence-corrected chi connectivity index (χ1v) is 11.0. The fourth-order valence-electron chi connectivity index (χ4n) is 2.62. The number of unbranched alkanes of at least 4 members (excludes halogenated alkanes) is 1. The van der Waals surface area contributed by atoms with Crippen LogP contribution in [0.25, 0.3) is 0 Å². The van der Waals surface area contributed by atoms with Gasteiger partial charge in [-0.25, -0.2) is 4.79 Å². The molecule has 0 radical (unpaired) electrons. The summed E-state index contributed by atoms with van der Waals surface area (Å²) >= 11 is 3.39. The Kier molecular flexibility index (Phi) is 11.9. The summed E-state index contributed by atoms with van der Waals surface area (Å²) < 4.78 is 26.3. The molecular weight excluding hydrogens is 486 g/mol. The molecule has 1 aromatic rings. The van der Waals surface area contributed by atoms with Crippen molar-refractivity contribution in [3.05, 3.63) is 22.2 Å². The van der Waals surface area contributed by atoms with Gasteiger partial charge in [-0.1, -0.05) is 0 Å². The molecule has 1 rings (SSSR count). The number of carbonyl (C=O) groups excluding carboxylic acids is 3. The number of benzene rings is 1. The van der Waals surface area contributed by atoms with Crippen LogP contribution >= 0.6 is 15.9 Å². The summed E-state index contributed by atoms with van der Waals surface area (Å²) in [4.78, 5) is 35.0. The van der Waals surface area contributed by atoms with Gasteiger partial charge in [0.25, 0.3) is 0 Å². The predicted octanol–water partition coefficient (Wildman–Crippen LogP) is 4.14. The van der Waals surface area contributed by atoms with Gasteiger partial charge in [0.15, 0.2) is 0 Å². The maximum atomic E-state index is 11.8. The maximum absolute atomic E-state index is 11.8. The molecule has 10 heteroatoms. The third kappa shape index (κ3) is 11.2. The molecule has 0 bridgehead atoms. The van der Waals surface area contributed by atoms with E-state index in [0.29, 0.717) is 37.3 Å². The zero-order chi connectivity index (χ0) is 24.1. The largest absolute Gasteiger partial charge is 0.496 e. The van der Waals surface area contributed by atoms with Crippen molar-refractivity contribution in [3.8, 4) is 11.5 Å². The number of esters is 2. The van der Waals surface area contributed by atoms with Crippen LogP contribution < -0.4 is 14.8 Å². The lowest BCUT2D eigenvalue weighted by Gasteiger charge is -2.19. The first-order valence-electron chi connectivity index (χ1n) is 10.2. The predicted molar refractivity (Wildman–Crippen MR) is 121 cm³/mol. The second kappa shape index (κ2) is 13.8. The van der Waals surface area contributed by atoms with Gasteiger partial charge in [-0.3, -0.25) is 9.59 Å². The van der Waals surface area contributed by atoms with Gasteiger partial charge in [0.1, 0.15) is 17.1 Å². The number of amides is 1. The molecular formula is C22H32BrNO8. The maximum Gasteiger partial charge on any atom is 0.410 e. The molecule has 1 amide bonds. The number of ether oxygens (including phenoxy) is 5. The molecule has 0 saturated carbocycles. The lowest BCUT2D eigenvalue weighted by atomic mass is 10.1. The minimum absolute atomic E-state index is 0.124. The molecule has 0 aliphatic rings. The molecule has 0 atom stereocenters. The molecule has 0 aliphatic carbocycles. The molecule has 32 heavy (non-hydrogen) atoms. The van der Waals surface area contributed by atoms with Gasteiger partial charge >= 0.3 is 18.0 Å². The van der Waals surface area contributed by atoms with Crippen molar-refractivity contribution in [3.63, 3.8) is 0 Å². The minimum Gasteiger partial charge on any atom is -0.496 e. The first-order chi connectivity index (χ1) is 15.1. The Morgan fingerprint density at radius 3 is 2.16 bits per heavy atom. The van der Waals surface area contributed by atoms with E-state index in [4.69, 9.17) is 23.7 Å². The number of methoxy groups -OCH3 is 2. The van der Waals surface area contributed by atoms with Gasteiger partial charge in [0, 0.05) is 19.4 Å². The van der Waals surface area contributed by atoms with Crippen molar-refractivity contribution in [2.75, 3.05) is 27.6 Å². The Labute approximate surface area is 197 Å². The monoisotopic (exact) mass is 517 g/mol. The van der Waals surface area contributed by atoms with Crippen molar-refractivity contribution in [1.29, 1.82) is 0 Å². The summed E-state index contributed by atoms with van der Waals surface area (Å²) in [5, 5.41) is 2.58. The first kappa shape index (κ1) is 27.5. The molecule has 0 spiro atoms. The molecule has 0 aromatic heterocycles. The van der Waals surface area contributed by atoms with Crippen molar-refractivity contribution < 1.29 is 38.1 Å². The second-order valence-corrected chi connectivity index (χ2v) is 8.69. The van der Waals surface area contributed by atoms with Crippen LogP contribution in [0.2, 0.25) is 0 Å². The topological polar surface area (TPSA) is 109 Å². The average molecular weight is 518 g/mol. The summed E-state index contributed by atoms with van der Waals surface area (Å²) in [5.41, 5.74) is 0.330. The highest BCUT2D eigenvalue weighted by Gasteiger charge is 2.16. The van der Waals surface area contributed by atoms with E-state index >= 15 is 0 Å². The van der Waals surface area contributed by atoms with Gasteiger partial charge in [0.05, 0.1) is 18.7 Å². The third-order valence-electron chi connectivity index (χ3n) is 4.06. The number of hydrogen-bond acceptors (Lipinski definition) is 8. The van der Waals surface area contributed by atoms with Crippen molar-refractivity contribution in [1.82, 2.24) is 5.32 Å². The molecule has 0 saturated heterocycles. The molecule has 9 nitrogen and oxygen atoms in total. The van der Waals surface area contributed by atoms with E-state index < -0.39 is 24.5 Å². The summed E-state index contributed by atoms with van der Waals surface area (Å²) in [5.74, 6) is 0.508. The van der Waals surface area contributed by atoms with Gasteiger partial charge in [0.2, 0.25) is 6.79 Å². The molecule has 180 valence electrons. The van der Waals surface area contributed by atoms with E-state index in [-0.39, 0.29) is 18.8 Å². The molecule has 0 unspecified atom stereocenters. The smallest absolute Gasteiger partial charge is 0.410 e. The SMILES string of the molecule is COc1cc(CCNC(=O)OCOC(=O)CCCCC(=O)OC(C)(C)C)c(OC)cc1Br. The third-order valence-corrected chi connectivity index (χ3v) is 4.68. The van der Waals surface area contributed by atoms with Crippen molar-refractivity contribution in [2.45, 2.75) is 58.5 Å². The molecule has 1 aromatic carbocycles. The van der Waals surface area contributed by atoms with Gasteiger partial charge < -0.3 is 29.0 Å². The van der Waals surface area contributed by atoms with Crippen LogP contribution in [0.4, 0.5) is 4.79 Å². The van der Waals surface area contributed by atoms with E-state index in [9.17, 15) is 14.4 Å². The minimum atomic E-state index is -0.703. The summed E-state index contributed by atoms with van der Waals surface area (Å²) in [6.45, 7) is 5.21. The highest BCUT2D eigenvalue weighted by Crippen LogP contribution is 2.32. The van der Waals surface area contributed by atoms with Crippen molar-refractivity contribution in [2.24, 2.45) is 0 Å². The Morgan fingerprint density at radius 1 is 0.938 bits per heavy atom. The molecule has 0 heterocycles. The Hall–Kier alpha value is -2.49. The van der Waals surface area contributed by atoms with Gasteiger partial charge in [-0.2, -0.15) is 0 Å². The quantitative estimate of drug-likeness (QED) is 0.250. The number of nitrogens with one attached hydrogen (secondary N) is 1. The second-order valence-electron chi connectivity index (χ2n) is 7.83. The van der Waals surface area contributed by atoms with Gasteiger partial charge in [-0.05, 0) is 73.7 Å². The molecule has 0 aliphatic heterocycles. The van der Waals surface area contributed by atoms with Crippen molar-refractivity contribution >= 4 is 34.0 Å². The van der Waals surface area contributed by atoms with E-state index in [2.05, 4.69) is 21.2 Å². The zero-order valence-corrected chi connectivity index (χ0v) is 20.8.